The van der Waals surface area contributed by atoms with E-state index >= 15 is 0 Å². The lowest BCUT2D eigenvalue weighted by molar-refractivity contribution is -0.116. The van der Waals surface area contributed by atoms with Crippen molar-refractivity contribution in [2.24, 2.45) is 14.1 Å². The molecule has 1 atom stereocenters. The number of nitrogens with one attached hydrogen (secondary N) is 1. The van der Waals surface area contributed by atoms with Crippen LogP contribution in [0.1, 0.15) is 42.3 Å². The number of nitrogens with zero attached hydrogens (tertiary/aromatic N) is 4. The van der Waals surface area contributed by atoms with Gasteiger partial charge in [0.2, 0.25) is 5.91 Å². The molecule has 0 saturated carbocycles. The SMILES string of the molecule is Cc1cc(CCC(=O)Nc2cc(C3CCCOC3)nn2C)nn1C. The number of hydrogen-bond acceptors (Lipinski definition) is 4. The first-order chi connectivity index (χ1) is 11.5. The Morgan fingerprint density at radius 1 is 1.33 bits per heavy atom. The highest BCUT2D eigenvalue weighted by Crippen LogP contribution is 2.26. The van der Waals surface area contributed by atoms with E-state index in [0.29, 0.717) is 25.4 Å². The van der Waals surface area contributed by atoms with Crippen molar-refractivity contribution in [2.75, 3.05) is 18.5 Å². The summed E-state index contributed by atoms with van der Waals surface area (Å²) >= 11 is 0. The average molecular weight is 331 g/mol. The number of ether oxygens (including phenoxy) is 1. The van der Waals surface area contributed by atoms with Crippen LogP contribution in [-0.2, 0) is 30.0 Å². The smallest absolute Gasteiger partial charge is 0.225 e. The molecular weight excluding hydrogens is 306 g/mol. The minimum Gasteiger partial charge on any atom is -0.381 e. The molecule has 130 valence electrons. The van der Waals surface area contributed by atoms with E-state index in [9.17, 15) is 4.79 Å². The lowest BCUT2D eigenvalue weighted by atomic mass is 9.99. The number of carbonyl (C=O) groups is 1. The molecule has 0 bridgehead atoms. The van der Waals surface area contributed by atoms with Gasteiger partial charge in [-0.2, -0.15) is 10.2 Å². The van der Waals surface area contributed by atoms with E-state index in [4.69, 9.17) is 4.74 Å². The number of aromatic nitrogens is 4. The van der Waals surface area contributed by atoms with Crippen LogP contribution >= 0.6 is 0 Å². The minimum atomic E-state index is -0.0206. The number of anilines is 1. The normalized spacial score (nSPS) is 17.9. The van der Waals surface area contributed by atoms with Gasteiger partial charge in [0, 0.05) is 51.2 Å². The first kappa shape index (κ1) is 16.7. The summed E-state index contributed by atoms with van der Waals surface area (Å²) in [5.41, 5.74) is 3.03. The Labute approximate surface area is 142 Å². The van der Waals surface area contributed by atoms with Crippen molar-refractivity contribution in [1.29, 1.82) is 0 Å². The van der Waals surface area contributed by atoms with E-state index in [0.717, 1.165) is 42.3 Å². The van der Waals surface area contributed by atoms with Gasteiger partial charge in [-0.1, -0.05) is 0 Å². The van der Waals surface area contributed by atoms with Crippen molar-refractivity contribution < 1.29 is 9.53 Å². The van der Waals surface area contributed by atoms with Crippen LogP contribution in [0.25, 0.3) is 0 Å². The number of carbonyl (C=O) groups excluding carboxylic acids is 1. The Morgan fingerprint density at radius 2 is 2.17 bits per heavy atom. The van der Waals surface area contributed by atoms with Crippen molar-refractivity contribution in [3.8, 4) is 0 Å². The fourth-order valence-electron chi connectivity index (χ4n) is 2.98. The molecule has 1 fully saturated rings. The second-order valence-corrected chi connectivity index (χ2v) is 6.44. The fraction of sp³-hybridized carbons (Fsp3) is 0.588. The van der Waals surface area contributed by atoms with Crippen LogP contribution in [-0.4, -0.2) is 38.7 Å². The van der Waals surface area contributed by atoms with Crippen molar-refractivity contribution in [2.45, 2.75) is 38.5 Å². The summed E-state index contributed by atoms with van der Waals surface area (Å²) in [6, 6.07) is 3.97. The monoisotopic (exact) mass is 331 g/mol. The van der Waals surface area contributed by atoms with Crippen molar-refractivity contribution in [3.05, 3.63) is 29.2 Å². The molecule has 0 spiro atoms. The molecule has 1 unspecified atom stereocenters. The molecule has 3 heterocycles. The molecule has 24 heavy (non-hydrogen) atoms. The molecule has 1 aliphatic rings. The van der Waals surface area contributed by atoms with Gasteiger partial charge in [-0.15, -0.1) is 0 Å². The number of rotatable bonds is 5. The zero-order valence-corrected chi connectivity index (χ0v) is 14.6. The molecule has 0 aromatic carbocycles. The Hall–Kier alpha value is -2.15. The molecule has 2 aromatic rings. The highest BCUT2D eigenvalue weighted by atomic mass is 16.5. The highest BCUT2D eigenvalue weighted by molar-refractivity contribution is 5.90. The molecule has 3 rings (SSSR count). The quantitative estimate of drug-likeness (QED) is 0.908. The van der Waals surface area contributed by atoms with E-state index < -0.39 is 0 Å². The van der Waals surface area contributed by atoms with Gasteiger partial charge in [0.25, 0.3) is 0 Å². The number of aryl methyl sites for hydroxylation is 4. The Kier molecular flexibility index (Phi) is 4.99. The lowest BCUT2D eigenvalue weighted by Gasteiger charge is -2.19. The van der Waals surface area contributed by atoms with Crippen LogP contribution in [0.2, 0.25) is 0 Å². The number of amides is 1. The first-order valence-corrected chi connectivity index (χ1v) is 8.44. The summed E-state index contributed by atoms with van der Waals surface area (Å²) in [4.78, 5) is 12.2. The Morgan fingerprint density at radius 3 is 2.83 bits per heavy atom. The molecule has 0 radical (unpaired) electrons. The standard InChI is InChI=1S/C17H25N5O2/c1-12-9-14(19-21(12)2)6-7-17(23)18-16-10-15(20-22(16)3)13-5-4-8-24-11-13/h9-10,13H,4-8,11H2,1-3H3,(H,18,23). The molecular formula is C17H25N5O2. The van der Waals surface area contributed by atoms with Crippen LogP contribution < -0.4 is 5.32 Å². The predicted molar refractivity (Wildman–Crippen MR) is 90.9 cm³/mol. The summed E-state index contributed by atoms with van der Waals surface area (Å²) in [6.07, 6.45) is 3.19. The van der Waals surface area contributed by atoms with E-state index in [2.05, 4.69) is 15.5 Å². The third kappa shape index (κ3) is 3.84. The first-order valence-electron chi connectivity index (χ1n) is 8.44. The van der Waals surface area contributed by atoms with Gasteiger partial charge in [-0.25, -0.2) is 0 Å². The molecule has 7 heteroatoms. The maximum atomic E-state index is 12.2. The zero-order valence-electron chi connectivity index (χ0n) is 14.6. The topological polar surface area (TPSA) is 74.0 Å². The van der Waals surface area contributed by atoms with E-state index in [1.54, 1.807) is 4.68 Å². The van der Waals surface area contributed by atoms with Crippen LogP contribution in [0.15, 0.2) is 12.1 Å². The maximum Gasteiger partial charge on any atom is 0.225 e. The van der Waals surface area contributed by atoms with Gasteiger partial charge in [0.05, 0.1) is 18.0 Å². The van der Waals surface area contributed by atoms with Gasteiger partial charge >= 0.3 is 0 Å². The van der Waals surface area contributed by atoms with Gasteiger partial charge in [-0.3, -0.25) is 14.2 Å². The molecule has 7 nitrogen and oxygen atoms in total. The van der Waals surface area contributed by atoms with Gasteiger partial charge < -0.3 is 10.1 Å². The van der Waals surface area contributed by atoms with Crippen molar-refractivity contribution >= 4 is 11.7 Å². The van der Waals surface area contributed by atoms with Crippen LogP contribution in [0.5, 0.6) is 0 Å². The molecule has 1 aliphatic heterocycles. The van der Waals surface area contributed by atoms with Gasteiger partial charge in [0.15, 0.2) is 0 Å². The lowest BCUT2D eigenvalue weighted by Crippen LogP contribution is -2.16. The minimum absolute atomic E-state index is 0.0206. The summed E-state index contributed by atoms with van der Waals surface area (Å²) < 4.78 is 9.08. The summed E-state index contributed by atoms with van der Waals surface area (Å²) in [6.45, 7) is 3.55. The van der Waals surface area contributed by atoms with Gasteiger partial charge in [0.1, 0.15) is 5.82 Å². The van der Waals surface area contributed by atoms with E-state index in [1.165, 1.54) is 0 Å². The van der Waals surface area contributed by atoms with Gasteiger partial charge in [-0.05, 0) is 25.8 Å². The fourth-order valence-corrected chi connectivity index (χ4v) is 2.98. The summed E-state index contributed by atoms with van der Waals surface area (Å²) in [5.74, 6) is 1.04. The Bertz CT molecular complexity index is 693. The van der Waals surface area contributed by atoms with Crippen LogP contribution in [0.4, 0.5) is 5.82 Å². The zero-order chi connectivity index (χ0) is 17.1. The average Bonchev–Trinajstić information content (AvgIpc) is 3.09. The second-order valence-electron chi connectivity index (χ2n) is 6.44. The van der Waals surface area contributed by atoms with Crippen molar-refractivity contribution in [3.63, 3.8) is 0 Å². The largest absolute Gasteiger partial charge is 0.381 e. The molecule has 1 saturated heterocycles. The predicted octanol–water partition coefficient (Wildman–Crippen LogP) is 1.93. The van der Waals surface area contributed by atoms with Crippen LogP contribution in [0.3, 0.4) is 0 Å². The number of hydrogen-bond donors (Lipinski definition) is 1. The molecule has 0 aliphatic carbocycles. The third-order valence-corrected chi connectivity index (χ3v) is 4.52. The van der Waals surface area contributed by atoms with E-state index in [1.807, 2.05) is 37.8 Å². The second kappa shape index (κ2) is 7.17. The van der Waals surface area contributed by atoms with Crippen molar-refractivity contribution in [1.82, 2.24) is 19.6 Å². The summed E-state index contributed by atoms with van der Waals surface area (Å²) in [7, 11) is 3.76. The Balaban J connectivity index is 1.56. The summed E-state index contributed by atoms with van der Waals surface area (Å²) in [5, 5.41) is 11.9. The molecule has 2 aromatic heterocycles. The maximum absolute atomic E-state index is 12.2. The van der Waals surface area contributed by atoms with E-state index in [-0.39, 0.29) is 5.91 Å². The third-order valence-electron chi connectivity index (χ3n) is 4.52. The van der Waals surface area contributed by atoms with Crippen LogP contribution in [0, 0.1) is 6.92 Å². The molecule has 1 amide bonds. The molecule has 1 N–H and O–H groups in total. The highest BCUT2D eigenvalue weighted by Gasteiger charge is 2.20.